The van der Waals surface area contributed by atoms with Crippen molar-refractivity contribution in [3.05, 3.63) is 282 Å². The van der Waals surface area contributed by atoms with Crippen molar-refractivity contribution in [2.24, 2.45) is 4.99 Å². The maximum atomic E-state index is 5.71. The second-order valence-electron chi connectivity index (χ2n) is 17.7. The number of nitrogens with zero attached hydrogens (tertiary/aromatic N) is 1. The zero-order chi connectivity index (χ0) is 46.0. The lowest BCUT2D eigenvalue weighted by atomic mass is 9.86. The normalized spacial score (nSPS) is 12.8. The molecule has 9 aromatic carbocycles. The van der Waals surface area contributed by atoms with Crippen molar-refractivity contribution < 1.29 is 0 Å². The Bertz CT molecular complexity index is 3380. The largest absolute Gasteiger partial charge is 0.354 e. The van der Waals surface area contributed by atoms with E-state index in [4.69, 9.17) is 4.99 Å². The number of rotatable bonds is 10. The predicted octanol–water partition coefficient (Wildman–Crippen LogP) is 17.4. The summed E-state index contributed by atoms with van der Waals surface area (Å²) in [6, 6.07) is 83.0. The predicted molar refractivity (Wildman–Crippen MR) is 288 cm³/mol. The number of aliphatic imine (C=N–C) groups is 1. The van der Waals surface area contributed by atoms with Gasteiger partial charge in [0.2, 0.25) is 0 Å². The van der Waals surface area contributed by atoms with E-state index in [1.807, 2.05) is 0 Å². The average Bonchev–Trinajstić information content (AvgIpc) is 4.09. The minimum absolute atomic E-state index is 0.916. The molecule has 0 saturated carbocycles. The zero-order valence-electron chi connectivity index (χ0n) is 38.5. The first kappa shape index (κ1) is 42.1. The molecule has 0 saturated heterocycles. The van der Waals surface area contributed by atoms with Gasteiger partial charge in [-0.3, -0.25) is 0 Å². The molecular formula is C66H50N2. The number of aromatic nitrogens is 1. The molecule has 1 aliphatic rings. The molecule has 2 heterocycles. The summed E-state index contributed by atoms with van der Waals surface area (Å²) < 4.78 is 0. The summed E-state index contributed by atoms with van der Waals surface area (Å²) in [5, 5.41) is 0. The molecule has 1 aromatic heterocycles. The minimum Gasteiger partial charge on any atom is -0.354 e. The van der Waals surface area contributed by atoms with Crippen LogP contribution in [0.25, 0.3) is 83.6 Å². The van der Waals surface area contributed by atoms with Crippen molar-refractivity contribution in [2.75, 3.05) is 0 Å². The molecule has 11 rings (SSSR count). The third-order valence-corrected chi connectivity index (χ3v) is 13.1. The van der Waals surface area contributed by atoms with Gasteiger partial charge in [0.05, 0.1) is 11.4 Å². The fourth-order valence-corrected chi connectivity index (χ4v) is 10.1. The van der Waals surface area contributed by atoms with Crippen LogP contribution in [0, 0.1) is 20.8 Å². The van der Waals surface area contributed by atoms with Gasteiger partial charge in [0, 0.05) is 28.1 Å². The monoisotopic (exact) mass is 870 g/mol. The lowest BCUT2D eigenvalue weighted by molar-refractivity contribution is 1.25. The van der Waals surface area contributed by atoms with Crippen LogP contribution < -0.4 is 0 Å². The van der Waals surface area contributed by atoms with Crippen molar-refractivity contribution in [1.29, 1.82) is 0 Å². The van der Waals surface area contributed by atoms with Crippen molar-refractivity contribution >= 4 is 11.3 Å². The van der Waals surface area contributed by atoms with E-state index in [0.29, 0.717) is 0 Å². The number of benzene rings is 9. The third kappa shape index (κ3) is 8.18. The van der Waals surface area contributed by atoms with E-state index >= 15 is 0 Å². The molecule has 68 heavy (non-hydrogen) atoms. The van der Waals surface area contributed by atoms with Crippen LogP contribution >= 0.6 is 0 Å². The summed E-state index contributed by atoms with van der Waals surface area (Å²) in [6.07, 6.45) is 4.44. The van der Waals surface area contributed by atoms with Crippen LogP contribution in [-0.4, -0.2) is 10.7 Å². The van der Waals surface area contributed by atoms with Crippen LogP contribution in [0.2, 0.25) is 0 Å². The molecule has 324 valence electrons. The molecule has 0 spiro atoms. The average molecular weight is 871 g/mol. The first-order chi connectivity index (χ1) is 33.5. The molecule has 2 nitrogen and oxygen atoms in total. The van der Waals surface area contributed by atoms with Crippen LogP contribution in [-0.2, 0) is 0 Å². The summed E-state index contributed by atoms with van der Waals surface area (Å²) in [5.74, 6) is 0. The first-order valence-corrected chi connectivity index (χ1v) is 23.4. The Morgan fingerprint density at radius 1 is 0.353 bits per heavy atom. The molecule has 0 aliphatic carbocycles. The Balaban J connectivity index is 1.16. The van der Waals surface area contributed by atoms with Gasteiger partial charge in [-0.1, -0.05) is 200 Å². The van der Waals surface area contributed by atoms with E-state index in [9.17, 15) is 0 Å². The molecular weight excluding hydrogens is 821 g/mol. The minimum atomic E-state index is 0.916. The molecule has 10 aromatic rings. The Kier molecular flexibility index (Phi) is 11.4. The number of H-pyrrole nitrogens is 1. The van der Waals surface area contributed by atoms with Gasteiger partial charge in [0.25, 0.3) is 0 Å². The SMILES string of the molecule is Cc1cc(C)c(C(=C2C=CC(c3c(-c4ccccc4)cc(-c4ccccc4)cc3-c3ccccc3)=N2)c2ccc(-c3c(-c4ccccc4)cc(-c4ccccc4)cc3-c3ccccc3)[nH]2)c(C)c1. The molecule has 0 fully saturated rings. The smallest absolute Gasteiger partial charge is 0.0737 e. The molecule has 0 atom stereocenters. The summed E-state index contributed by atoms with van der Waals surface area (Å²) in [4.78, 5) is 9.76. The first-order valence-electron chi connectivity index (χ1n) is 23.4. The molecule has 0 bridgehead atoms. The quantitative estimate of drug-likeness (QED) is 0.142. The number of hydrogen-bond donors (Lipinski definition) is 1. The number of aromatic amines is 1. The van der Waals surface area contributed by atoms with Crippen LogP contribution in [0.3, 0.4) is 0 Å². The van der Waals surface area contributed by atoms with Gasteiger partial charge in [-0.05, 0) is 153 Å². The number of allylic oxidation sites excluding steroid dienone is 2. The molecule has 0 unspecified atom stereocenters. The van der Waals surface area contributed by atoms with Gasteiger partial charge in [-0.25, -0.2) is 4.99 Å². The zero-order valence-corrected chi connectivity index (χ0v) is 38.5. The van der Waals surface area contributed by atoms with Gasteiger partial charge in [0.1, 0.15) is 0 Å². The topological polar surface area (TPSA) is 28.1 Å². The molecule has 0 amide bonds. The van der Waals surface area contributed by atoms with E-state index in [1.165, 1.54) is 38.9 Å². The van der Waals surface area contributed by atoms with Crippen molar-refractivity contribution in [3.8, 4) is 78.0 Å². The van der Waals surface area contributed by atoms with Crippen molar-refractivity contribution in [1.82, 2.24) is 4.98 Å². The van der Waals surface area contributed by atoms with Crippen LogP contribution in [0.5, 0.6) is 0 Å². The van der Waals surface area contributed by atoms with Gasteiger partial charge < -0.3 is 4.98 Å². The lowest BCUT2D eigenvalue weighted by Gasteiger charge is -2.19. The summed E-state index contributed by atoms with van der Waals surface area (Å²) >= 11 is 0. The Morgan fingerprint density at radius 3 is 1.12 bits per heavy atom. The second kappa shape index (κ2) is 18.4. The molecule has 0 radical (unpaired) electrons. The van der Waals surface area contributed by atoms with E-state index in [-0.39, 0.29) is 0 Å². The Morgan fingerprint density at radius 2 is 0.721 bits per heavy atom. The van der Waals surface area contributed by atoms with Crippen LogP contribution in [0.4, 0.5) is 0 Å². The van der Waals surface area contributed by atoms with E-state index in [0.717, 1.165) is 89.6 Å². The molecule has 2 heteroatoms. The number of hydrogen-bond acceptors (Lipinski definition) is 1. The number of nitrogens with one attached hydrogen (secondary N) is 1. The van der Waals surface area contributed by atoms with Crippen molar-refractivity contribution in [2.45, 2.75) is 20.8 Å². The summed E-state index contributed by atoms with van der Waals surface area (Å²) in [6.45, 7) is 6.64. The highest BCUT2D eigenvalue weighted by Gasteiger charge is 2.26. The van der Waals surface area contributed by atoms with Gasteiger partial charge >= 0.3 is 0 Å². The second-order valence-corrected chi connectivity index (χ2v) is 17.7. The highest BCUT2D eigenvalue weighted by atomic mass is 14.8. The fraction of sp³-hybridized carbons (Fsp3) is 0.0455. The van der Waals surface area contributed by atoms with Gasteiger partial charge in [-0.2, -0.15) is 0 Å². The highest BCUT2D eigenvalue weighted by molar-refractivity contribution is 6.20. The Hall–Kier alpha value is -8.59. The molecule has 1 aliphatic heterocycles. The summed E-state index contributed by atoms with van der Waals surface area (Å²) in [5.41, 5.74) is 26.0. The maximum absolute atomic E-state index is 5.71. The highest BCUT2D eigenvalue weighted by Crippen LogP contribution is 2.45. The van der Waals surface area contributed by atoms with E-state index in [1.54, 1.807) is 0 Å². The standard InChI is InChI=1S/C66H50N2/c1-44-38-45(2)63(46(3)39-44)66(61-36-34-59(67-61)64-55(49-26-14-6-15-27-49)40-53(47-22-10-4-11-23-47)41-56(64)50-28-16-7-17-29-50)62-37-35-60(68-62)65-57(51-30-18-8-19-31-51)42-54(48-24-12-5-13-25-48)43-58(65)52-32-20-9-21-33-52/h4-43,67H,1-3H3. The van der Waals surface area contributed by atoms with Crippen molar-refractivity contribution in [3.63, 3.8) is 0 Å². The van der Waals surface area contributed by atoms with Crippen LogP contribution in [0.1, 0.15) is 33.5 Å². The fourth-order valence-electron chi connectivity index (χ4n) is 10.1. The van der Waals surface area contributed by atoms with Gasteiger partial charge in [0.15, 0.2) is 0 Å². The number of aryl methyl sites for hydroxylation is 3. The van der Waals surface area contributed by atoms with E-state index in [2.05, 4.69) is 268 Å². The third-order valence-electron chi connectivity index (χ3n) is 13.1. The van der Waals surface area contributed by atoms with E-state index < -0.39 is 0 Å². The lowest BCUT2D eigenvalue weighted by Crippen LogP contribution is -2.03. The Labute approximate surface area is 400 Å². The summed E-state index contributed by atoms with van der Waals surface area (Å²) in [7, 11) is 0. The van der Waals surface area contributed by atoms with Crippen LogP contribution in [0.15, 0.2) is 253 Å². The molecule has 1 N–H and O–H groups in total. The van der Waals surface area contributed by atoms with Gasteiger partial charge in [-0.15, -0.1) is 0 Å². The maximum Gasteiger partial charge on any atom is 0.0737 e.